The minimum Gasteiger partial charge on any atom is -0.493 e. The van der Waals surface area contributed by atoms with Gasteiger partial charge in [-0.2, -0.15) is 0 Å². The van der Waals surface area contributed by atoms with Crippen LogP contribution in [0.4, 0.5) is 0 Å². The van der Waals surface area contributed by atoms with Crippen molar-refractivity contribution < 1.29 is 14.3 Å². The average molecular weight is 327 g/mol. The summed E-state index contributed by atoms with van der Waals surface area (Å²) < 4.78 is 11.6. The normalized spacial score (nSPS) is 30.0. The molecule has 1 unspecified atom stereocenters. The highest BCUT2D eigenvalue weighted by Crippen LogP contribution is 2.52. The Hall–Kier alpha value is -1.81. The van der Waals surface area contributed by atoms with Crippen LogP contribution in [0.5, 0.6) is 11.5 Å². The molecule has 1 aromatic rings. The summed E-state index contributed by atoms with van der Waals surface area (Å²) in [6.45, 7) is 4.82. The van der Waals surface area contributed by atoms with Crippen molar-refractivity contribution in [3.8, 4) is 11.5 Å². The van der Waals surface area contributed by atoms with E-state index < -0.39 is 0 Å². The highest BCUT2D eigenvalue weighted by molar-refractivity contribution is 5.92. The summed E-state index contributed by atoms with van der Waals surface area (Å²) >= 11 is 0. The molecule has 2 bridgehead atoms. The smallest absolute Gasteiger partial charge is 0.161 e. The molecule has 3 aliphatic rings. The second-order valence-corrected chi connectivity index (χ2v) is 7.14. The standard InChI is InChI=1S/C20H25NO3/c1-3-4-9-24-18-12-16-14(10-17(18)23-2)13-21-8-7-20(16)6-5-15(22)11-19(20)21/h5-6,10,12,19H,3-4,7-9,11,13H2,1-2H3/t19-,20-/m0/s1. The van der Waals surface area contributed by atoms with Gasteiger partial charge in [0.1, 0.15) is 0 Å². The fraction of sp³-hybridized carbons (Fsp3) is 0.550. The number of ketones is 1. The fourth-order valence-corrected chi connectivity index (χ4v) is 4.56. The van der Waals surface area contributed by atoms with Gasteiger partial charge in [-0.3, -0.25) is 9.69 Å². The largest absolute Gasteiger partial charge is 0.493 e. The van der Waals surface area contributed by atoms with E-state index in [0.717, 1.165) is 43.9 Å². The molecule has 1 aliphatic carbocycles. The number of unbranched alkanes of at least 4 members (excludes halogenated alkanes) is 1. The van der Waals surface area contributed by atoms with Gasteiger partial charge in [0.25, 0.3) is 0 Å². The SMILES string of the molecule is CCCCOc1cc2c(cc1OC)CN1CC[C@@]23C=CC(=O)C[C@H]13. The van der Waals surface area contributed by atoms with E-state index in [1.54, 1.807) is 13.2 Å². The molecule has 4 rings (SSSR count). The predicted octanol–water partition coefficient (Wildman–Crippen LogP) is 3.23. The van der Waals surface area contributed by atoms with Crippen LogP contribution in [0.25, 0.3) is 0 Å². The number of methoxy groups -OCH3 is 1. The van der Waals surface area contributed by atoms with Gasteiger partial charge in [-0.1, -0.05) is 19.4 Å². The van der Waals surface area contributed by atoms with Crippen molar-refractivity contribution in [2.45, 2.75) is 50.6 Å². The molecule has 1 fully saturated rings. The first-order valence-electron chi connectivity index (χ1n) is 8.98. The Morgan fingerprint density at radius 2 is 2.21 bits per heavy atom. The summed E-state index contributed by atoms with van der Waals surface area (Å²) in [5.41, 5.74) is 2.61. The molecule has 3 atom stereocenters. The number of hydrogen-bond acceptors (Lipinski definition) is 4. The molecule has 0 spiro atoms. The van der Waals surface area contributed by atoms with Gasteiger partial charge in [-0.05, 0) is 42.2 Å². The van der Waals surface area contributed by atoms with Crippen LogP contribution >= 0.6 is 0 Å². The van der Waals surface area contributed by atoms with E-state index in [1.165, 1.54) is 11.1 Å². The Labute approximate surface area is 143 Å². The number of nitrogens with zero attached hydrogens (tertiary/aromatic N) is 1. The number of hydrogen-bond donors (Lipinski definition) is 0. The first-order chi connectivity index (χ1) is 11.7. The fourth-order valence-electron chi connectivity index (χ4n) is 4.56. The van der Waals surface area contributed by atoms with Crippen molar-refractivity contribution in [3.05, 3.63) is 35.4 Å². The number of benzene rings is 1. The molecule has 2 heterocycles. The third-order valence-electron chi connectivity index (χ3n) is 5.83. The van der Waals surface area contributed by atoms with Crippen LogP contribution in [0.1, 0.15) is 43.7 Å². The predicted molar refractivity (Wildman–Crippen MR) is 92.7 cm³/mol. The van der Waals surface area contributed by atoms with Crippen LogP contribution in [0.3, 0.4) is 0 Å². The van der Waals surface area contributed by atoms with Gasteiger partial charge >= 0.3 is 0 Å². The van der Waals surface area contributed by atoms with Crippen LogP contribution in [0.15, 0.2) is 24.3 Å². The zero-order valence-corrected chi connectivity index (χ0v) is 14.5. The molecular weight excluding hydrogens is 302 g/mol. The number of allylic oxidation sites excluding steroid dienone is 1. The molecule has 2 aliphatic heterocycles. The minimum absolute atomic E-state index is 0.0311. The van der Waals surface area contributed by atoms with Gasteiger partial charge in [0.2, 0.25) is 0 Å². The highest BCUT2D eigenvalue weighted by atomic mass is 16.5. The molecule has 24 heavy (non-hydrogen) atoms. The number of ether oxygens (including phenoxy) is 2. The minimum atomic E-state index is -0.0311. The monoisotopic (exact) mass is 327 g/mol. The maximum atomic E-state index is 11.9. The maximum absolute atomic E-state index is 11.9. The molecule has 4 nitrogen and oxygen atoms in total. The van der Waals surface area contributed by atoms with E-state index in [4.69, 9.17) is 9.47 Å². The number of rotatable bonds is 5. The Bertz CT molecular complexity index is 696. The van der Waals surface area contributed by atoms with Crippen LogP contribution in [-0.4, -0.2) is 37.0 Å². The van der Waals surface area contributed by atoms with E-state index in [1.807, 2.05) is 0 Å². The van der Waals surface area contributed by atoms with Gasteiger partial charge in [0.15, 0.2) is 17.3 Å². The molecule has 0 amide bonds. The van der Waals surface area contributed by atoms with E-state index in [-0.39, 0.29) is 11.2 Å². The second kappa shape index (κ2) is 5.92. The third kappa shape index (κ3) is 2.27. The lowest BCUT2D eigenvalue weighted by atomic mass is 9.67. The van der Waals surface area contributed by atoms with Crippen molar-refractivity contribution in [2.24, 2.45) is 0 Å². The van der Waals surface area contributed by atoms with Crippen LogP contribution in [-0.2, 0) is 16.8 Å². The number of carbonyl (C=O) groups excluding carboxylic acids is 1. The first kappa shape index (κ1) is 15.7. The van der Waals surface area contributed by atoms with Crippen LogP contribution in [0.2, 0.25) is 0 Å². The summed E-state index contributed by atoms with van der Waals surface area (Å²) in [5.74, 6) is 1.90. The lowest BCUT2D eigenvalue weighted by molar-refractivity contribution is -0.116. The van der Waals surface area contributed by atoms with Crippen molar-refractivity contribution in [1.82, 2.24) is 4.90 Å². The Morgan fingerprint density at radius 1 is 1.33 bits per heavy atom. The van der Waals surface area contributed by atoms with Gasteiger partial charge in [0.05, 0.1) is 13.7 Å². The van der Waals surface area contributed by atoms with E-state index in [2.05, 4.69) is 30.0 Å². The molecule has 0 saturated carbocycles. The zero-order valence-electron chi connectivity index (χ0n) is 14.5. The topological polar surface area (TPSA) is 38.8 Å². The van der Waals surface area contributed by atoms with E-state index in [9.17, 15) is 4.79 Å². The maximum Gasteiger partial charge on any atom is 0.161 e. The molecular formula is C20H25NO3. The summed E-state index contributed by atoms with van der Waals surface area (Å²) in [6, 6.07) is 4.62. The Morgan fingerprint density at radius 3 is 3.00 bits per heavy atom. The van der Waals surface area contributed by atoms with Crippen molar-refractivity contribution >= 4 is 5.78 Å². The van der Waals surface area contributed by atoms with Crippen LogP contribution < -0.4 is 9.47 Å². The first-order valence-corrected chi connectivity index (χ1v) is 8.98. The lowest BCUT2D eigenvalue weighted by Gasteiger charge is -2.44. The molecule has 1 aromatic carbocycles. The van der Waals surface area contributed by atoms with Gasteiger partial charge in [0, 0.05) is 31.0 Å². The van der Waals surface area contributed by atoms with Gasteiger partial charge < -0.3 is 9.47 Å². The number of carbonyl (C=O) groups is 1. The summed E-state index contributed by atoms with van der Waals surface area (Å²) in [4.78, 5) is 14.4. The molecule has 0 N–H and O–H groups in total. The lowest BCUT2D eigenvalue weighted by Crippen LogP contribution is -2.48. The van der Waals surface area contributed by atoms with Crippen molar-refractivity contribution in [2.75, 3.05) is 20.3 Å². The van der Waals surface area contributed by atoms with E-state index in [0.29, 0.717) is 19.1 Å². The molecule has 0 radical (unpaired) electrons. The van der Waals surface area contributed by atoms with Crippen LogP contribution in [0, 0.1) is 0 Å². The van der Waals surface area contributed by atoms with Crippen molar-refractivity contribution in [1.29, 1.82) is 0 Å². The van der Waals surface area contributed by atoms with Gasteiger partial charge in [-0.25, -0.2) is 0 Å². The highest BCUT2D eigenvalue weighted by Gasteiger charge is 2.53. The van der Waals surface area contributed by atoms with Gasteiger partial charge in [-0.15, -0.1) is 0 Å². The summed E-state index contributed by atoms with van der Waals surface area (Å²) in [6.07, 6.45) is 7.80. The quantitative estimate of drug-likeness (QED) is 0.778. The Balaban J connectivity index is 1.78. The number of fused-ring (bicyclic) bond motifs is 1. The zero-order chi connectivity index (χ0) is 16.7. The summed E-state index contributed by atoms with van der Waals surface area (Å²) in [7, 11) is 1.70. The molecule has 1 saturated heterocycles. The average Bonchev–Trinajstić information content (AvgIpc) is 2.86. The second-order valence-electron chi connectivity index (χ2n) is 7.14. The molecule has 4 heteroatoms. The summed E-state index contributed by atoms with van der Waals surface area (Å²) in [5, 5.41) is 0. The molecule has 128 valence electrons. The van der Waals surface area contributed by atoms with Crippen molar-refractivity contribution in [3.63, 3.8) is 0 Å². The molecule has 0 aromatic heterocycles. The Kier molecular flexibility index (Phi) is 3.87. The third-order valence-corrected chi connectivity index (χ3v) is 5.83. The van der Waals surface area contributed by atoms with E-state index >= 15 is 0 Å².